The number of amides is 3. The summed E-state index contributed by atoms with van der Waals surface area (Å²) in [7, 11) is 0. The molecule has 1 fully saturated rings. The third-order valence-electron chi connectivity index (χ3n) is 6.18. The van der Waals surface area contributed by atoms with Crippen LogP contribution in [0.25, 0.3) is 0 Å². The van der Waals surface area contributed by atoms with Crippen molar-refractivity contribution < 1.29 is 18.8 Å². The van der Waals surface area contributed by atoms with Gasteiger partial charge in [0.05, 0.1) is 25.7 Å². The summed E-state index contributed by atoms with van der Waals surface area (Å²) in [6.07, 6.45) is 4.66. The highest BCUT2D eigenvalue weighted by Gasteiger charge is 2.53. The van der Waals surface area contributed by atoms with Crippen molar-refractivity contribution >= 4 is 17.7 Å². The zero-order valence-electron chi connectivity index (χ0n) is 18.3. The van der Waals surface area contributed by atoms with Gasteiger partial charge >= 0.3 is 0 Å². The van der Waals surface area contributed by atoms with E-state index in [9.17, 15) is 14.4 Å². The van der Waals surface area contributed by atoms with Crippen molar-refractivity contribution in [2.75, 3.05) is 0 Å². The van der Waals surface area contributed by atoms with Crippen LogP contribution in [-0.4, -0.2) is 43.8 Å². The molecule has 2 aliphatic rings. The van der Waals surface area contributed by atoms with Crippen LogP contribution in [0.15, 0.2) is 59.5 Å². The maximum atomic E-state index is 13.6. The molecule has 33 heavy (non-hydrogen) atoms. The number of nitrogens with zero attached hydrogens (tertiary/aromatic N) is 3. The van der Waals surface area contributed by atoms with Crippen LogP contribution >= 0.6 is 0 Å². The summed E-state index contributed by atoms with van der Waals surface area (Å²) in [5, 5.41) is 5.72. The van der Waals surface area contributed by atoms with E-state index in [0.29, 0.717) is 12.3 Å². The highest BCUT2D eigenvalue weighted by atomic mass is 16.3. The van der Waals surface area contributed by atoms with Crippen LogP contribution in [0.3, 0.4) is 0 Å². The molecule has 1 saturated carbocycles. The first kappa shape index (κ1) is 21.0. The van der Waals surface area contributed by atoms with Gasteiger partial charge in [0.15, 0.2) is 5.69 Å². The summed E-state index contributed by atoms with van der Waals surface area (Å²) >= 11 is 0. The first-order valence-electron chi connectivity index (χ1n) is 11.0. The molecule has 3 heterocycles. The Balaban J connectivity index is 1.38. The first-order chi connectivity index (χ1) is 16.0. The number of nitrogens with one attached hydrogen (secondary N) is 2. The third-order valence-corrected chi connectivity index (χ3v) is 6.18. The second kappa shape index (κ2) is 8.23. The average Bonchev–Trinajstić information content (AvgIpc) is 3.32. The van der Waals surface area contributed by atoms with E-state index in [0.717, 1.165) is 18.4 Å². The smallest absolute Gasteiger partial charge is 0.274 e. The molecule has 1 aromatic carbocycles. The fourth-order valence-electron chi connectivity index (χ4n) is 4.35. The number of aromatic nitrogens is 2. The number of furan rings is 1. The van der Waals surface area contributed by atoms with Crippen LogP contribution in [0, 0.1) is 0 Å². The number of fused-ring (bicyclic) bond motifs is 1. The molecule has 0 saturated heterocycles. The van der Waals surface area contributed by atoms with Gasteiger partial charge in [0, 0.05) is 12.6 Å². The summed E-state index contributed by atoms with van der Waals surface area (Å²) in [6, 6.07) is 13.1. The molecule has 3 amide bonds. The molecule has 0 bridgehead atoms. The molecule has 2 N–H and O–H groups in total. The van der Waals surface area contributed by atoms with Gasteiger partial charge in [0.2, 0.25) is 5.91 Å². The number of hydrogen-bond acceptors (Lipinski definition) is 5. The predicted octanol–water partition coefficient (Wildman–Crippen LogP) is 2.10. The number of carbonyl (C=O) groups is 3. The maximum absolute atomic E-state index is 13.6. The monoisotopic (exact) mass is 447 g/mol. The van der Waals surface area contributed by atoms with Crippen LogP contribution < -0.4 is 10.6 Å². The largest absolute Gasteiger partial charge is 0.467 e. The molecule has 1 atom stereocenters. The second-order valence-corrected chi connectivity index (χ2v) is 8.68. The molecule has 2 aromatic heterocycles. The normalized spacial score (nSPS) is 19.8. The molecule has 170 valence electrons. The lowest BCUT2D eigenvalue weighted by Gasteiger charge is -2.44. The van der Waals surface area contributed by atoms with E-state index in [1.807, 2.05) is 30.3 Å². The van der Waals surface area contributed by atoms with Crippen molar-refractivity contribution in [2.24, 2.45) is 0 Å². The Morgan fingerprint density at radius 1 is 1.12 bits per heavy atom. The minimum atomic E-state index is -1.08. The van der Waals surface area contributed by atoms with Crippen molar-refractivity contribution in [1.29, 1.82) is 0 Å². The molecule has 0 spiro atoms. The number of hydrogen-bond donors (Lipinski definition) is 2. The number of carbonyl (C=O) groups excluding carboxylic acids is 3. The molecule has 0 radical (unpaired) electrons. The standard InChI is InChI=1S/C24H25N5O4/c1-24(23(32)26-12-16-6-3-2-4-7-16)14-28-15-27-19(20(28)22(31)29(24)17-9-10-17)21(30)25-13-18-8-5-11-33-18/h2-8,11,15,17H,9-10,12-14H2,1H3,(H,25,30)(H,26,32)/t24-/m1/s1. The number of imidazole rings is 1. The summed E-state index contributed by atoms with van der Waals surface area (Å²) in [6.45, 7) is 2.57. The van der Waals surface area contributed by atoms with Crippen molar-refractivity contribution in [3.8, 4) is 0 Å². The zero-order chi connectivity index (χ0) is 23.0. The van der Waals surface area contributed by atoms with Crippen molar-refractivity contribution in [2.45, 2.75) is 51.0 Å². The van der Waals surface area contributed by atoms with Crippen LogP contribution in [0.1, 0.15) is 52.1 Å². The molecule has 5 rings (SSSR count). The molecule has 0 unspecified atom stereocenters. The SMILES string of the molecule is C[C@]1(C(=O)NCc2ccccc2)Cn2cnc(C(=O)NCc3ccco3)c2C(=O)N1C1CC1. The number of rotatable bonds is 7. The maximum Gasteiger partial charge on any atom is 0.274 e. The Hall–Kier alpha value is -3.88. The summed E-state index contributed by atoms with van der Waals surface area (Å²) in [4.78, 5) is 45.6. The van der Waals surface area contributed by atoms with E-state index in [1.54, 1.807) is 28.5 Å². The fourth-order valence-corrected chi connectivity index (χ4v) is 4.35. The minimum absolute atomic E-state index is 0.0207. The summed E-state index contributed by atoms with van der Waals surface area (Å²) in [5.41, 5.74) is 0.173. The molecular formula is C24H25N5O4. The van der Waals surface area contributed by atoms with Gasteiger partial charge in [0.1, 0.15) is 17.0 Å². The van der Waals surface area contributed by atoms with Crippen molar-refractivity contribution in [1.82, 2.24) is 25.1 Å². The highest BCUT2D eigenvalue weighted by Crippen LogP contribution is 2.38. The lowest BCUT2D eigenvalue weighted by Crippen LogP contribution is -2.64. The average molecular weight is 447 g/mol. The molecule has 3 aromatic rings. The Morgan fingerprint density at radius 3 is 2.61 bits per heavy atom. The summed E-state index contributed by atoms with van der Waals surface area (Å²) in [5.74, 6) is -0.428. The minimum Gasteiger partial charge on any atom is -0.467 e. The third kappa shape index (κ3) is 3.90. The van der Waals surface area contributed by atoms with E-state index in [-0.39, 0.29) is 42.3 Å². The molecule has 1 aliphatic heterocycles. The molecule has 9 nitrogen and oxygen atoms in total. The van der Waals surface area contributed by atoms with Crippen LogP contribution in [0.5, 0.6) is 0 Å². The molecular weight excluding hydrogens is 422 g/mol. The van der Waals surface area contributed by atoms with Crippen molar-refractivity contribution in [3.63, 3.8) is 0 Å². The van der Waals surface area contributed by atoms with Gasteiger partial charge < -0.3 is 24.5 Å². The lowest BCUT2D eigenvalue weighted by molar-refractivity contribution is -0.133. The van der Waals surface area contributed by atoms with Gasteiger partial charge in [-0.2, -0.15) is 0 Å². The van der Waals surface area contributed by atoms with Gasteiger partial charge in [-0.05, 0) is 37.5 Å². The predicted molar refractivity (Wildman–Crippen MR) is 118 cm³/mol. The highest BCUT2D eigenvalue weighted by molar-refractivity contribution is 6.07. The van der Waals surface area contributed by atoms with Gasteiger partial charge in [-0.25, -0.2) is 4.98 Å². The van der Waals surface area contributed by atoms with Crippen LogP contribution in [0.4, 0.5) is 0 Å². The molecule has 1 aliphatic carbocycles. The van der Waals surface area contributed by atoms with Crippen LogP contribution in [-0.2, 0) is 24.4 Å². The Morgan fingerprint density at radius 2 is 1.91 bits per heavy atom. The Kier molecular flexibility index (Phi) is 5.24. The Labute approximate surface area is 190 Å². The van der Waals surface area contributed by atoms with E-state index in [4.69, 9.17) is 4.42 Å². The molecule has 9 heteroatoms. The van der Waals surface area contributed by atoms with E-state index >= 15 is 0 Å². The van der Waals surface area contributed by atoms with Gasteiger partial charge in [-0.15, -0.1) is 0 Å². The topological polar surface area (TPSA) is 109 Å². The van der Waals surface area contributed by atoms with Crippen LogP contribution in [0.2, 0.25) is 0 Å². The lowest BCUT2D eigenvalue weighted by atomic mass is 9.93. The zero-order valence-corrected chi connectivity index (χ0v) is 18.3. The second-order valence-electron chi connectivity index (χ2n) is 8.68. The van der Waals surface area contributed by atoms with Gasteiger partial charge in [-0.3, -0.25) is 14.4 Å². The Bertz CT molecular complexity index is 1180. The first-order valence-corrected chi connectivity index (χ1v) is 11.0. The van der Waals surface area contributed by atoms with E-state index in [2.05, 4.69) is 15.6 Å². The van der Waals surface area contributed by atoms with Crippen molar-refractivity contribution in [3.05, 3.63) is 77.8 Å². The quantitative estimate of drug-likeness (QED) is 0.577. The van der Waals surface area contributed by atoms with E-state index in [1.165, 1.54) is 12.6 Å². The van der Waals surface area contributed by atoms with Gasteiger partial charge in [-0.1, -0.05) is 30.3 Å². The van der Waals surface area contributed by atoms with E-state index < -0.39 is 11.4 Å². The fraction of sp³-hybridized carbons (Fsp3) is 0.333. The van der Waals surface area contributed by atoms with Gasteiger partial charge in [0.25, 0.3) is 11.8 Å². The number of benzene rings is 1. The summed E-state index contributed by atoms with van der Waals surface area (Å²) < 4.78 is 6.86.